The molecule has 1 aromatic heterocycles. The lowest BCUT2D eigenvalue weighted by Crippen LogP contribution is -2.39. The monoisotopic (exact) mass is 261 g/mol. The summed E-state index contributed by atoms with van der Waals surface area (Å²) in [5.74, 6) is 0.220. The van der Waals surface area contributed by atoms with Crippen LogP contribution in [0.4, 0.5) is 0 Å². The van der Waals surface area contributed by atoms with Crippen molar-refractivity contribution in [2.45, 2.75) is 38.6 Å². The van der Waals surface area contributed by atoms with Crippen LogP contribution in [-0.4, -0.2) is 35.4 Å². The van der Waals surface area contributed by atoms with Crippen molar-refractivity contribution in [3.63, 3.8) is 0 Å². The van der Waals surface area contributed by atoms with Crippen LogP contribution in [-0.2, 0) is 4.79 Å². The molecule has 1 aliphatic rings. The number of rotatable bonds is 4. The lowest BCUT2D eigenvalue weighted by molar-refractivity contribution is -0.130. The predicted octanol–water partition coefficient (Wildman–Crippen LogP) is 2.13. The van der Waals surface area contributed by atoms with Crippen molar-refractivity contribution in [2.75, 3.05) is 19.6 Å². The van der Waals surface area contributed by atoms with E-state index in [0.29, 0.717) is 6.54 Å². The van der Waals surface area contributed by atoms with Crippen LogP contribution in [0.15, 0.2) is 24.5 Å². The van der Waals surface area contributed by atoms with Gasteiger partial charge in [-0.1, -0.05) is 18.9 Å². The Morgan fingerprint density at radius 2 is 2.11 bits per heavy atom. The molecule has 2 heterocycles. The summed E-state index contributed by atoms with van der Waals surface area (Å²) in [5.41, 5.74) is 1.12. The predicted molar refractivity (Wildman–Crippen MR) is 75.7 cm³/mol. The van der Waals surface area contributed by atoms with Gasteiger partial charge in [0.25, 0.3) is 0 Å². The average Bonchev–Trinajstić information content (AvgIpc) is 2.74. The van der Waals surface area contributed by atoms with Crippen LogP contribution in [0.25, 0.3) is 0 Å². The van der Waals surface area contributed by atoms with E-state index in [-0.39, 0.29) is 11.9 Å². The molecule has 1 aromatic rings. The second kappa shape index (κ2) is 7.24. The lowest BCUT2D eigenvalue weighted by atomic mass is 10.1. The van der Waals surface area contributed by atoms with Crippen molar-refractivity contribution in [3.8, 4) is 0 Å². The number of likely N-dealkylation sites (tertiary alicyclic amines) is 1. The van der Waals surface area contributed by atoms with E-state index in [9.17, 15) is 4.79 Å². The fourth-order valence-corrected chi connectivity index (χ4v) is 2.42. The zero-order valence-corrected chi connectivity index (χ0v) is 11.6. The first kappa shape index (κ1) is 14.0. The Morgan fingerprint density at radius 3 is 2.74 bits per heavy atom. The molecule has 0 saturated carbocycles. The minimum absolute atomic E-state index is 0.157. The lowest BCUT2D eigenvalue weighted by Gasteiger charge is -2.22. The number of carbonyl (C=O) groups excluding carboxylic acids is 1. The summed E-state index contributed by atoms with van der Waals surface area (Å²) >= 11 is 0. The number of nitrogens with one attached hydrogen (secondary N) is 1. The van der Waals surface area contributed by atoms with Gasteiger partial charge < -0.3 is 10.2 Å². The van der Waals surface area contributed by atoms with Crippen molar-refractivity contribution in [2.24, 2.45) is 0 Å². The van der Waals surface area contributed by atoms with Gasteiger partial charge in [-0.2, -0.15) is 0 Å². The van der Waals surface area contributed by atoms with Gasteiger partial charge in [0.15, 0.2) is 0 Å². The fourth-order valence-electron chi connectivity index (χ4n) is 2.42. The Morgan fingerprint density at radius 1 is 1.37 bits per heavy atom. The molecule has 0 radical (unpaired) electrons. The first-order valence-electron chi connectivity index (χ1n) is 7.18. The molecule has 1 atom stereocenters. The van der Waals surface area contributed by atoms with E-state index in [1.54, 1.807) is 6.20 Å². The Hall–Kier alpha value is -1.42. The van der Waals surface area contributed by atoms with Crippen molar-refractivity contribution in [3.05, 3.63) is 30.1 Å². The number of carbonyl (C=O) groups is 1. The Balaban J connectivity index is 1.79. The summed E-state index contributed by atoms with van der Waals surface area (Å²) in [5, 5.41) is 3.29. The van der Waals surface area contributed by atoms with Crippen molar-refractivity contribution in [1.82, 2.24) is 15.2 Å². The zero-order chi connectivity index (χ0) is 13.5. The summed E-state index contributed by atoms with van der Waals surface area (Å²) < 4.78 is 0. The van der Waals surface area contributed by atoms with E-state index in [1.807, 2.05) is 23.2 Å². The molecular weight excluding hydrogens is 238 g/mol. The van der Waals surface area contributed by atoms with Gasteiger partial charge in [0.2, 0.25) is 5.91 Å². The molecule has 1 amide bonds. The quantitative estimate of drug-likeness (QED) is 0.903. The van der Waals surface area contributed by atoms with Crippen LogP contribution in [0.2, 0.25) is 0 Å². The van der Waals surface area contributed by atoms with Crippen LogP contribution in [0.3, 0.4) is 0 Å². The molecule has 0 unspecified atom stereocenters. The van der Waals surface area contributed by atoms with Gasteiger partial charge in [-0.25, -0.2) is 0 Å². The normalized spacial score (nSPS) is 17.8. The molecule has 0 aromatic carbocycles. The van der Waals surface area contributed by atoms with E-state index in [4.69, 9.17) is 0 Å². The minimum atomic E-state index is 0.157. The highest BCUT2D eigenvalue weighted by molar-refractivity contribution is 5.78. The van der Waals surface area contributed by atoms with Crippen molar-refractivity contribution in [1.29, 1.82) is 0 Å². The third-order valence-corrected chi connectivity index (χ3v) is 3.70. The van der Waals surface area contributed by atoms with Crippen LogP contribution < -0.4 is 5.32 Å². The molecule has 0 bridgehead atoms. The first-order chi connectivity index (χ1) is 9.27. The summed E-state index contributed by atoms with van der Waals surface area (Å²) in [6, 6.07) is 4.11. The van der Waals surface area contributed by atoms with Crippen molar-refractivity contribution >= 4 is 5.91 Å². The highest BCUT2D eigenvalue weighted by Crippen LogP contribution is 2.11. The number of hydrogen-bond acceptors (Lipinski definition) is 3. The van der Waals surface area contributed by atoms with E-state index >= 15 is 0 Å². The Kier molecular flexibility index (Phi) is 5.33. The molecule has 1 saturated heterocycles. The van der Waals surface area contributed by atoms with Gasteiger partial charge in [0.05, 0.1) is 6.54 Å². The van der Waals surface area contributed by atoms with Crippen LogP contribution in [0.5, 0.6) is 0 Å². The summed E-state index contributed by atoms with van der Waals surface area (Å²) in [7, 11) is 0. The number of nitrogens with zero attached hydrogens (tertiary/aromatic N) is 2. The molecule has 19 heavy (non-hydrogen) atoms. The number of aromatic nitrogens is 1. The Bertz CT molecular complexity index is 386. The molecule has 4 nitrogen and oxygen atoms in total. The number of amides is 1. The summed E-state index contributed by atoms with van der Waals surface area (Å²) in [4.78, 5) is 18.2. The van der Waals surface area contributed by atoms with Gasteiger partial charge >= 0.3 is 0 Å². The van der Waals surface area contributed by atoms with Crippen molar-refractivity contribution < 1.29 is 4.79 Å². The van der Waals surface area contributed by atoms with E-state index in [2.05, 4.69) is 17.2 Å². The Labute approximate surface area is 115 Å². The van der Waals surface area contributed by atoms with Gasteiger partial charge in [0.1, 0.15) is 0 Å². The third kappa shape index (κ3) is 4.31. The van der Waals surface area contributed by atoms with Gasteiger partial charge in [-0.3, -0.25) is 9.78 Å². The first-order valence-corrected chi connectivity index (χ1v) is 7.18. The maximum Gasteiger partial charge on any atom is 0.236 e. The topological polar surface area (TPSA) is 45.2 Å². The zero-order valence-electron chi connectivity index (χ0n) is 11.6. The van der Waals surface area contributed by atoms with Crippen LogP contribution >= 0.6 is 0 Å². The molecule has 4 heteroatoms. The maximum atomic E-state index is 12.1. The van der Waals surface area contributed by atoms with Crippen LogP contribution in [0, 0.1) is 0 Å². The molecular formula is C15H23N3O. The van der Waals surface area contributed by atoms with E-state index in [1.165, 1.54) is 12.8 Å². The molecule has 1 aliphatic heterocycles. The molecule has 1 N–H and O–H groups in total. The molecule has 0 aliphatic carbocycles. The number of hydrogen-bond donors (Lipinski definition) is 1. The largest absolute Gasteiger partial charge is 0.342 e. The third-order valence-electron chi connectivity index (χ3n) is 3.70. The van der Waals surface area contributed by atoms with E-state index in [0.717, 1.165) is 31.5 Å². The summed E-state index contributed by atoms with van der Waals surface area (Å²) in [6.45, 7) is 4.31. The molecule has 0 spiro atoms. The maximum absolute atomic E-state index is 12.1. The smallest absolute Gasteiger partial charge is 0.236 e. The van der Waals surface area contributed by atoms with E-state index < -0.39 is 0 Å². The van der Waals surface area contributed by atoms with Gasteiger partial charge in [-0.05, 0) is 31.4 Å². The fraction of sp³-hybridized carbons (Fsp3) is 0.600. The molecule has 2 rings (SSSR count). The average molecular weight is 261 g/mol. The highest BCUT2D eigenvalue weighted by Gasteiger charge is 2.16. The second-order valence-corrected chi connectivity index (χ2v) is 5.18. The molecule has 104 valence electrons. The number of pyridine rings is 1. The summed E-state index contributed by atoms with van der Waals surface area (Å²) in [6.07, 6.45) is 8.40. The SMILES string of the molecule is C[C@H](NCC(=O)N1CCCCCC1)c1cccnc1. The minimum Gasteiger partial charge on any atom is -0.342 e. The van der Waals surface area contributed by atoms with Crippen LogP contribution in [0.1, 0.15) is 44.2 Å². The van der Waals surface area contributed by atoms with Gasteiger partial charge in [-0.15, -0.1) is 0 Å². The highest BCUT2D eigenvalue weighted by atomic mass is 16.2. The second-order valence-electron chi connectivity index (χ2n) is 5.18. The molecule has 1 fully saturated rings. The van der Waals surface area contributed by atoms with Gasteiger partial charge in [0, 0.05) is 31.5 Å². The standard InChI is InChI=1S/C15H23N3O/c1-13(14-7-6-8-16-11-14)17-12-15(19)18-9-4-2-3-5-10-18/h6-8,11,13,17H,2-5,9-10,12H2,1H3/t13-/m0/s1.